The largest absolute Gasteiger partial charge is 0.462 e. The number of halogens is 1. The molecule has 8 heteroatoms. The molecule has 0 spiro atoms. The van der Waals surface area contributed by atoms with Crippen molar-refractivity contribution in [2.75, 3.05) is 51.7 Å². The third kappa shape index (κ3) is 5.00. The van der Waals surface area contributed by atoms with E-state index in [9.17, 15) is 9.59 Å². The maximum absolute atomic E-state index is 12.7. The van der Waals surface area contributed by atoms with E-state index in [4.69, 9.17) is 4.74 Å². The van der Waals surface area contributed by atoms with Crippen LogP contribution in [-0.2, 0) is 9.53 Å². The van der Waals surface area contributed by atoms with Gasteiger partial charge in [-0.05, 0) is 35.5 Å². The highest BCUT2D eigenvalue weighted by molar-refractivity contribution is 9.11. The molecule has 0 radical (unpaired) electrons. The fourth-order valence-corrected chi connectivity index (χ4v) is 4.99. The molecule has 3 rings (SSSR count). The van der Waals surface area contributed by atoms with Gasteiger partial charge in [0, 0.05) is 31.7 Å². The molecule has 1 amide bonds. The average molecular weight is 466 g/mol. The van der Waals surface area contributed by atoms with Gasteiger partial charge in [0.25, 0.3) is 0 Å². The number of carbonyl (C=O) groups excluding carboxylic acids is 2. The number of likely N-dealkylation sites (N-methyl/N-ethyl adjacent to an activating group) is 1. The molecule has 1 aliphatic rings. The van der Waals surface area contributed by atoms with Gasteiger partial charge in [0.1, 0.15) is 10.6 Å². The van der Waals surface area contributed by atoms with Gasteiger partial charge in [0.2, 0.25) is 5.91 Å². The first-order valence-corrected chi connectivity index (χ1v) is 10.9. The number of piperazine rings is 1. The first kappa shape index (κ1) is 21.0. The number of esters is 1. The second-order valence-electron chi connectivity index (χ2n) is 6.67. The highest BCUT2D eigenvalue weighted by Gasteiger charge is 2.26. The highest BCUT2D eigenvalue weighted by atomic mass is 79.9. The van der Waals surface area contributed by atoms with E-state index in [1.165, 1.54) is 11.3 Å². The van der Waals surface area contributed by atoms with E-state index in [-0.39, 0.29) is 12.5 Å². The van der Waals surface area contributed by atoms with Crippen molar-refractivity contribution in [2.45, 2.75) is 6.92 Å². The maximum Gasteiger partial charge on any atom is 0.341 e. The molecule has 0 saturated carbocycles. The lowest BCUT2D eigenvalue weighted by Crippen LogP contribution is -2.47. The summed E-state index contributed by atoms with van der Waals surface area (Å²) in [4.78, 5) is 29.7. The Balaban J connectivity index is 1.84. The number of carbonyl (C=O) groups is 2. The molecule has 0 aliphatic carbocycles. The summed E-state index contributed by atoms with van der Waals surface area (Å²) in [5.74, 6) is -0.554. The van der Waals surface area contributed by atoms with E-state index in [0.29, 0.717) is 17.1 Å². The lowest BCUT2D eigenvalue weighted by Gasteiger charge is -2.31. The van der Waals surface area contributed by atoms with Crippen LogP contribution in [0, 0.1) is 0 Å². The van der Waals surface area contributed by atoms with Crippen LogP contribution in [0.2, 0.25) is 0 Å². The zero-order valence-electron chi connectivity index (χ0n) is 16.0. The highest BCUT2D eigenvalue weighted by Crippen LogP contribution is 2.44. The molecule has 1 aromatic heterocycles. The number of thiophene rings is 1. The molecule has 0 bridgehead atoms. The second kappa shape index (κ2) is 9.65. The number of amides is 1. The van der Waals surface area contributed by atoms with Crippen molar-refractivity contribution in [3.8, 4) is 11.1 Å². The van der Waals surface area contributed by atoms with E-state index in [1.54, 1.807) is 6.92 Å². The molecule has 6 nitrogen and oxygen atoms in total. The summed E-state index contributed by atoms with van der Waals surface area (Å²) in [5.41, 5.74) is 2.05. The molecule has 28 heavy (non-hydrogen) atoms. The summed E-state index contributed by atoms with van der Waals surface area (Å²) in [6.07, 6.45) is 0. The fraction of sp³-hybridized carbons (Fsp3) is 0.400. The Kier molecular flexibility index (Phi) is 7.23. The molecule has 1 saturated heterocycles. The Bertz CT molecular complexity index is 833. The minimum atomic E-state index is -0.432. The second-order valence-corrected chi connectivity index (χ2v) is 9.01. The Morgan fingerprint density at radius 1 is 1.18 bits per heavy atom. The summed E-state index contributed by atoms with van der Waals surface area (Å²) in [7, 11) is 2.08. The molecular weight excluding hydrogens is 442 g/mol. The fourth-order valence-electron chi connectivity index (χ4n) is 3.13. The van der Waals surface area contributed by atoms with Crippen molar-refractivity contribution in [3.05, 3.63) is 39.7 Å². The number of hydrogen-bond donors (Lipinski definition) is 1. The topological polar surface area (TPSA) is 61.9 Å². The number of rotatable bonds is 6. The van der Waals surface area contributed by atoms with E-state index < -0.39 is 5.97 Å². The molecule has 2 aromatic rings. The van der Waals surface area contributed by atoms with Gasteiger partial charge < -0.3 is 15.0 Å². The molecule has 0 atom stereocenters. The van der Waals surface area contributed by atoms with E-state index in [2.05, 4.69) is 38.1 Å². The average Bonchev–Trinajstić information content (AvgIpc) is 3.00. The third-order valence-corrected chi connectivity index (χ3v) is 6.40. The standard InChI is InChI=1S/C20H24BrN3O3S/c1-3-27-20(26)17-16(14-7-5-4-6-8-14)18(21)28-19(17)22-15(25)13-24-11-9-23(2)10-12-24/h4-8H,3,9-13H2,1-2H3,(H,22,25). The predicted molar refractivity (Wildman–Crippen MR) is 116 cm³/mol. The Morgan fingerprint density at radius 2 is 1.86 bits per heavy atom. The van der Waals surface area contributed by atoms with Crippen LogP contribution in [0.1, 0.15) is 17.3 Å². The van der Waals surface area contributed by atoms with E-state index in [0.717, 1.165) is 41.1 Å². The van der Waals surface area contributed by atoms with Crippen molar-refractivity contribution < 1.29 is 14.3 Å². The Labute approximate surface area is 177 Å². The molecule has 1 N–H and O–H groups in total. The molecule has 0 unspecified atom stereocenters. The normalized spacial score (nSPS) is 15.4. The van der Waals surface area contributed by atoms with Crippen LogP contribution in [0.4, 0.5) is 5.00 Å². The van der Waals surface area contributed by atoms with Gasteiger partial charge in [-0.25, -0.2) is 4.79 Å². The molecule has 1 aliphatic heterocycles. The number of nitrogens with zero attached hydrogens (tertiary/aromatic N) is 2. The SMILES string of the molecule is CCOC(=O)c1c(NC(=O)CN2CCN(C)CC2)sc(Br)c1-c1ccccc1. The summed E-state index contributed by atoms with van der Waals surface area (Å²) in [6.45, 7) is 5.97. The van der Waals surface area contributed by atoms with Crippen molar-refractivity contribution >= 4 is 44.1 Å². The quantitative estimate of drug-likeness (QED) is 0.660. The van der Waals surface area contributed by atoms with Gasteiger partial charge in [0.15, 0.2) is 0 Å². The lowest BCUT2D eigenvalue weighted by atomic mass is 10.0. The smallest absolute Gasteiger partial charge is 0.341 e. The van der Waals surface area contributed by atoms with Gasteiger partial charge in [0.05, 0.1) is 16.9 Å². The monoisotopic (exact) mass is 465 g/mol. The first-order valence-electron chi connectivity index (χ1n) is 9.25. The van der Waals surface area contributed by atoms with E-state index >= 15 is 0 Å². The van der Waals surface area contributed by atoms with Crippen LogP contribution in [0.15, 0.2) is 34.1 Å². The Morgan fingerprint density at radius 3 is 2.50 bits per heavy atom. The maximum atomic E-state index is 12.7. The third-order valence-electron chi connectivity index (χ3n) is 4.62. The summed E-state index contributed by atoms with van der Waals surface area (Å²) >= 11 is 4.90. The molecule has 2 heterocycles. The van der Waals surface area contributed by atoms with E-state index in [1.807, 2.05) is 30.3 Å². The molecular formula is C20H24BrN3O3S. The van der Waals surface area contributed by atoms with Gasteiger partial charge in [-0.1, -0.05) is 30.3 Å². The van der Waals surface area contributed by atoms with Crippen LogP contribution in [0.25, 0.3) is 11.1 Å². The van der Waals surface area contributed by atoms with Crippen molar-refractivity contribution in [2.24, 2.45) is 0 Å². The number of hydrogen-bond acceptors (Lipinski definition) is 6. The first-order chi connectivity index (χ1) is 13.5. The summed E-state index contributed by atoms with van der Waals surface area (Å²) in [5, 5.41) is 3.45. The van der Waals surface area contributed by atoms with Gasteiger partial charge in [-0.3, -0.25) is 9.69 Å². The number of nitrogens with one attached hydrogen (secondary N) is 1. The Hall–Kier alpha value is -1.74. The van der Waals surface area contributed by atoms with Crippen molar-refractivity contribution in [1.29, 1.82) is 0 Å². The zero-order chi connectivity index (χ0) is 20.1. The zero-order valence-corrected chi connectivity index (χ0v) is 18.4. The number of anilines is 1. The minimum absolute atomic E-state index is 0.122. The lowest BCUT2D eigenvalue weighted by molar-refractivity contribution is -0.117. The number of ether oxygens (including phenoxy) is 1. The number of benzene rings is 1. The van der Waals surface area contributed by atoms with Crippen LogP contribution < -0.4 is 5.32 Å². The predicted octanol–water partition coefficient (Wildman–Crippen LogP) is 3.54. The minimum Gasteiger partial charge on any atom is -0.462 e. The molecule has 1 fully saturated rings. The van der Waals surface area contributed by atoms with Crippen LogP contribution >= 0.6 is 27.3 Å². The van der Waals surface area contributed by atoms with Crippen LogP contribution in [0.3, 0.4) is 0 Å². The van der Waals surface area contributed by atoms with Crippen molar-refractivity contribution in [3.63, 3.8) is 0 Å². The van der Waals surface area contributed by atoms with Crippen LogP contribution in [-0.4, -0.2) is 68.1 Å². The van der Waals surface area contributed by atoms with Crippen LogP contribution in [0.5, 0.6) is 0 Å². The van der Waals surface area contributed by atoms with Gasteiger partial charge in [-0.2, -0.15) is 0 Å². The summed E-state index contributed by atoms with van der Waals surface area (Å²) in [6, 6.07) is 9.63. The molecule has 1 aromatic carbocycles. The summed E-state index contributed by atoms with van der Waals surface area (Å²) < 4.78 is 6.06. The molecule has 150 valence electrons. The van der Waals surface area contributed by atoms with Gasteiger partial charge in [-0.15, -0.1) is 11.3 Å². The van der Waals surface area contributed by atoms with Gasteiger partial charge >= 0.3 is 5.97 Å². The van der Waals surface area contributed by atoms with Crippen molar-refractivity contribution in [1.82, 2.24) is 9.80 Å².